The van der Waals surface area contributed by atoms with Crippen molar-refractivity contribution in [3.63, 3.8) is 0 Å². The minimum absolute atomic E-state index is 0.00278. The number of nitrogens with zero attached hydrogens (tertiary/aromatic N) is 2. The normalized spacial score (nSPS) is 28.2. The van der Waals surface area contributed by atoms with Crippen molar-refractivity contribution in [2.45, 2.75) is 38.8 Å². The van der Waals surface area contributed by atoms with Crippen LogP contribution in [-0.2, 0) is 9.84 Å². The third-order valence-corrected chi connectivity index (χ3v) is 5.30. The smallest absolute Gasteiger partial charge is 0.152 e. The first-order valence-corrected chi connectivity index (χ1v) is 7.89. The molecule has 1 N–H and O–H groups in total. The van der Waals surface area contributed by atoms with Crippen LogP contribution in [-0.4, -0.2) is 35.4 Å². The number of hydrogen-bond acceptors (Lipinski definition) is 5. The fraction of sp³-hybridized carbons (Fsp3) is 0.667. The Labute approximate surface area is 108 Å². The zero-order chi connectivity index (χ0) is 13.4. The summed E-state index contributed by atoms with van der Waals surface area (Å²) in [5, 5.41) is 3.39. The Balaban J connectivity index is 2.13. The fourth-order valence-corrected chi connectivity index (χ4v) is 4.66. The second-order valence-electron chi connectivity index (χ2n) is 5.30. The van der Waals surface area contributed by atoms with Crippen molar-refractivity contribution in [1.82, 2.24) is 15.3 Å². The molecule has 1 saturated heterocycles. The molecule has 6 heteroatoms. The van der Waals surface area contributed by atoms with Crippen LogP contribution < -0.4 is 5.32 Å². The number of rotatable bonds is 3. The Morgan fingerprint density at radius 3 is 2.61 bits per heavy atom. The van der Waals surface area contributed by atoms with Gasteiger partial charge in [0, 0.05) is 24.0 Å². The molecule has 0 saturated carbocycles. The van der Waals surface area contributed by atoms with Gasteiger partial charge in [-0.1, -0.05) is 0 Å². The molecule has 18 heavy (non-hydrogen) atoms. The summed E-state index contributed by atoms with van der Waals surface area (Å²) < 4.78 is 23.1. The summed E-state index contributed by atoms with van der Waals surface area (Å²) >= 11 is 0. The minimum Gasteiger partial charge on any atom is -0.302 e. The van der Waals surface area contributed by atoms with Gasteiger partial charge in [-0.2, -0.15) is 0 Å². The molecule has 100 valence electrons. The molecule has 0 aromatic carbocycles. The van der Waals surface area contributed by atoms with E-state index in [-0.39, 0.29) is 23.1 Å². The van der Waals surface area contributed by atoms with E-state index in [1.165, 1.54) is 0 Å². The van der Waals surface area contributed by atoms with Gasteiger partial charge >= 0.3 is 0 Å². The summed E-state index contributed by atoms with van der Waals surface area (Å²) in [7, 11) is -2.89. The van der Waals surface area contributed by atoms with Gasteiger partial charge in [-0.3, -0.25) is 9.97 Å². The number of aromatic nitrogens is 2. The highest BCUT2D eigenvalue weighted by Gasteiger charge is 2.39. The molecule has 0 bridgehead atoms. The third-order valence-electron chi connectivity index (χ3n) is 3.40. The average Bonchev–Trinajstić information content (AvgIpc) is 2.53. The van der Waals surface area contributed by atoms with E-state index in [2.05, 4.69) is 15.3 Å². The van der Waals surface area contributed by atoms with E-state index in [0.717, 1.165) is 11.4 Å². The maximum Gasteiger partial charge on any atom is 0.152 e. The first kappa shape index (κ1) is 13.4. The van der Waals surface area contributed by atoms with E-state index in [1.807, 2.05) is 20.8 Å². The Bertz CT molecular complexity index is 544. The van der Waals surface area contributed by atoms with Gasteiger partial charge in [0.25, 0.3) is 0 Å². The summed E-state index contributed by atoms with van der Waals surface area (Å²) in [4.78, 5) is 8.52. The summed E-state index contributed by atoms with van der Waals surface area (Å²) in [5.74, 6) is 0.465. The number of hydrogen-bond donors (Lipinski definition) is 1. The van der Waals surface area contributed by atoms with Gasteiger partial charge in [-0.05, 0) is 27.2 Å². The lowest BCUT2D eigenvalue weighted by Gasteiger charge is -2.28. The zero-order valence-electron chi connectivity index (χ0n) is 11.0. The molecule has 0 radical (unpaired) electrons. The van der Waals surface area contributed by atoms with Gasteiger partial charge < -0.3 is 5.32 Å². The molecule has 0 spiro atoms. The fourth-order valence-electron chi connectivity index (χ4n) is 2.56. The van der Waals surface area contributed by atoms with Crippen molar-refractivity contribution >= 4 is 9.84 Å². The lowest BCUT2D eigenvalue weighted by atomic mass is 9.99. The summed E-state index contributed by atoms with van der Waals surface area (Å²) in [6.07, 6.45) is 3.97. The Kier molecular flexibility index (Phi) is 3.42. The SMILES string of the molecule is Cc1nccnc1C(C)NC1(C)CCS(=O)(=O)C1. The zero-order valence-corrected chi connectivity index (χ0v) is 11.8. The van der Waals surface area contributed by atoms with Gasteiger partial charge in [0.15, 0.2) is 9.84 Å². The molecule has 1 aliphatic rings. The van der Waals surface area contributed by atoms with Gasteiger partial charge in [0.05, 0.1) is 22.9 Å². The van der Waals surface area contributed by atoms with Gasteiger partial charge in [-0.15, -0.1) is 0 Å². The second-order valence-corrected chi connectivity index (χ2v) is 7.48. The van der Waals surface area contributed by atoms with Crippen LogP contribution in [0.3, 0.4) is 0 Å². The van der Waals surface area contributed by atoms with E-state index in [9.17, 15) is 8.42 Å². The molecule has 2 unspecified atom stereocenters. The second kappa shape index (κ2) is 4.59. The van der Waals surface area contributed by atoms with Crippen LogP contribution >= 0.6 is 0 Å². The van der Waals surface area contributed by atoms with Crippen LogP contribution in [0, 0.1) is 6.92 Å². The average molecular weight is 269 g/mol. The maximum atomic E-state index is 11.6. The van der Waals surface area contributed by atoms with Gasteiger partial charge in [0.1, 0.15) is 0 Å². The molecule has 1 aliphatic heterocycles. The molecule has 2 atom stereocenters. The van der Waals surface area contributed by atoms with Gasteiger partial charge in [-0.25, -0.2) is 8.42 Å². The molecule has 0 aliphatic carbocycles. The molecule has 0 amide bonds. The van der Waals surface area contributed by atoms with E-state index in [4.69, 9.17) is 0 Å². The molecular weight excluding hydrogens is 250 g/mol. The standard InChI is InChI=1S/C12H19N3O2S/c1-9-11(14-6-5-13-9)10(2)15-12(3)4-7-18(16,17)8-12/h5-6,10,15H,4,7-8H2,1-3H3. The summed E-state index contributed by atoms with van der Waals surface area (Å²) in [5.41, 5.74) is 1.40. The lowest BCUT2D eigenvalue weighted by molar-refractivity contribution is 0.350. The number of aryl methyl sites for hydroxylation is 1. The molecule has 5 nitrogen and oxygen atoms in total. The first-order valence-electron chi connectivity index (χ1n) is 6.07. The summed E-state index contributed by atoms with van der Waals surface area (Å²) in [6, 6.07) is -0.00278. The first-order chi connectivity index (χ1) is 8.31. The predicted octanol–water partition coefficient (Wildman–Crippen LogP) is 1.01. The quantitative estimate of drug-likeness (QED) is 0.886. The van der Waals surface area contributed by atoms with Gasteiger partial charge in [0.2, 0.25) is 0 Å². The van der Waals surface area contributed by atoms with Crippen molar-refractivity contribution in [1.29, 1.82) is 0 Å². The monoisotopic (exact) mass is 269 g/mol. The summed E-state index contributed by atoms with van der Waals surface area (Å²) in [6.45, 7) is 5.86. The van der Waals surface area contributed by atoms with E-state index in [0.29, 0.717) is 6.42 Å². The Morgan fingerprint density at radius 2 is 2.06 bits per heavy atom. The molecule has 1 fully saturated rings. The Morgan fingerprint density at radius 1 is 1.39 bits per heavy atom. The van der Waals surface area contributed by atoms with Crippen LogP contribution in [0.5, 0.6) is 0 Å². The number of nitrogens with one attached hydrogen (secondary N) is 1. The predicted molar refractivity (Wildman–Crippen MR) is 70.0 cm³/mol. The topological polar surface area (TPSA) is 72.0 Å². The van der Waals surface area contributed by atoms with E-state index in [1.54, 1.807) is 12.4 Å². The molecule has 1 aromatic rings. The van der Waals surface area contributed by atoms with Crippen LogP contribution in [0.2, 0.25) is 0 Å². The molecular formula is C12H19N3O2S. The molecule has 1 aromatic heterocycles. The maximum absolute atomic E-state index is 11.6. The van der Waals surface area contributed by atoms with Crippen LogP contribution in [0.1, 0.15) is 37.7 Å². The van der Waals surface area contributed by atoms with Crippen LogP contribution in [0.25, 0.3) is 0 Å². The highest BCUT2D eigenvalue weighted by molar-refractivity contribution is 7.91. The third kappa shape index (κ3) is 2.87. The van der Waals surface area contributed by atoms with Crippen LogP contribution in [0.4, 0.5) is 0 Å². The molecule has 2 rings (SSSR count). The van der Waals surface area contributed by atoms with Crippen molar-refractivity contribution in [3.8, 4) is 0 Å². The highest BCUT2D eigenvalue weighted by atomic mass is 32.2. The van der Waals surface area contributed by atoms with Crippen molar-refractivity contribution in [2.24, 2.45) is 0 Å². The van der Waals surface area contributed by atoms with Crippen molar-refractivity contribution in [2.75, 3.05) is 11.5 Å². The Hall–Kier alpha value is -1.01. The lowest BCUT2D eigenvalue weighted by Crippen LogP contribution is -2.45. The molecule has 2 heterocycles. The largest absolute Gasteiger partial charge is 0.302 e. The van der Waals surface area contributed by atoms with Crippen molar-refractivity contribution < 1.29 is 8.42 Å². The minimum atomic E-state index is -2.89. The van der Waals surface area contributed by atoms with Crippen LogP contribution in [0.15, 0.2) is 12.4 Å². The van der Waals surface area contributed by atoms with E-state index >= 15 is 0 Å². The van der Waals surface area contributed by atoms with E-state index < -0.39 is 9.84 Å². The highest BCUT2D eigenvalue weighted by Crippen LogP contribution is 2.26. The van der Waals surface area contributed by atoms with Crippen molar-refractivity contribution in [3.05, 3.63) is 23.8 Å². The number of sulfone groups is 1.